The molecule has 0 aliphatic rings. The first-order valence-electron chi connectivity index (χ1n) is 7.29. The molecule has 3 nitrogen and oxygen atoms in total. The highest BCUT2D eigenvalue weighted by Gasteiger charge is 2.10. The molecule has 0 saturated heterocycles. The monoisotopic (exact) mass is 279 g/mol. The molecular weight excluding hydrogens is 258 g/mol. The van der Waals surface area contributed by atoms with Crippen molar-refractivity contribution in [2.75, 3.05) is 7.05 Å². The number of hydrogen-bond acceptors (Lipinski definition) is 2. The van der Waals surface area contributed by atoms with Gasteiger partial charge in [0.1, 0.15) is 6.33 Å². The van der Waals surface area contributed by atoms with Crippen molar-refractivity contribution >= 4 is 11.0 Å². The lowest BCUT2D eigenvalue weighted by atomic mass is 10.1. The predicted molar refractivity (Wildman–Crippen MR) is 88.0 cm³/mol. The van der Waals surface area contributed by atoms with E-state index in [1.165, 1.54) is 33.5 Å². The third-order valence-corrected chi connectivity index (χ3v) is 4.02. The molecule has 0 aliphatic carbocycles. The van der Waals surface area contributed by atoms with E-state index >= 15 is 0 Å². The lowest BCUT2D eigenvalue weighted by Gasteiger charge is -2.12. The molecule has 0 aliphatic heterocycles. The molecule has 1 aromatic heterocycles. The van der Waals surface area contributed by atoms with E-state index in [0.29, 0.717) is 0 Å². The third kappa shape index (κ3) is 2.45. The number of rotatable bonds is 3. The van der Waals surface area contributed by atoms with Crippen LogP contribution in [0.1, 0.15) is 22.3 Å². The van der Waals surface area contributed by atoms with Crippen LogP contribution in [0.4, 0.5) is 0 Å². The average molecular weight is 279 g/mol. The molecule has 3 heteroatoms. The quantitative estimate of drug-likeness (QED) is 0.792. The summed E-state index contributed by atoms with van der Waals surface area (Å²) in [7, 11) is 1.98. The van der Waals surface area contributed by atoms with Gasteiger partial charge < -0.3 is 5.32 Å². The van der Waals surface area contributed by atoms with Gasteiger partial charge in [0.15, 0.2) is 0 Å². The van der Waals surface area contributed by atoms with Crippen LogP contribution in [-0.2, 0) is 6.54 Å². The predicted octanol–water partition coefficient (Wildman–Crippen LogP) is 3.67. The number of aromatic nitrogens is 2. The third-order valence-electron chi connectivity index (χ3n) is 4.02. The number of benzene rings is 2. The zero-order valence-electron chi connectivity index (χ0n) is 13.1. The molecule has 0 fully saturated rings. The Morgan fingerprint density at radius 1 is 1.05 bits per heavy atom. The number of aryl methyl sites for hydroxylation is 3. The van der Waals surface area contributed by atoms with Crippen molar-refractivity contribution in [1.29, 1.82) is 0 Å². The molecule has 0 bridgehead atoms. The molecule has 1 heterocycles. The minimum atomic E-state index is 0.849. The molecule has 3 aromatic rings. The summed E-state index contributed by atoms with van der Waals surface area (Å²) in [5.41, 5.74) is 8.56. The van der Waals surface area contributed by atoms with Gasteiger partial charge in [-0.3, -0.25) is 4.57 Å². The first-order valence-corrected chi connectivity index (χ1v) is 7.29. The van der Waals surface area contributed by atoms with Gasteiger partial charge >= 0.3 is 0 Å². The van der Waals surface area contributed by atoms with Crippen LogP contribution in [-0.4, -0.2) is 16.6 Å². The van der Waals surface area contributed by atoms with Gasteiger partial charge in [-0.1, -0.05) is 17.7 Å². The SMILES string of the molecule is CNCc1cc(C)ccc1-n1cnc2cc(C)c(C)cc21. The van der Waals surface area contributed by atoms with Gasteiger partial charge in [-0.2, -0.15) is 0 Å². The minimum absolute atomic E-state index is 0.849. The molecule has 0 atom stereocenters. The zero-order valence-corrected chi connectivity index (χ0v) is 13.1. The van der Waals surface area contributed by atoms with Crippen LogP contribution < -0.4 is 5.32 Å². The Morgan fingerprint density at radius 2 is 1.81 bits per heavy atom. The van der Waals surface area contributed by atoms with Crippen LogP contribution in [0.15, 0.2) is 36.7 Å². The van der Waals surface area contributed by atoms with Gasteiger partial charge in [0.05, 0.1) is 16.7 Å². The first kappa shape index (κ1) is 13.8. The summed E-state index contributed by atoms with van der Waals surface area (Å²) in [6.45, 7) is 7.26. The number of nitrogens with zero attached hydrogens (tertiary/aromatic N) is 2. The lowest BCUT2D eigenvalue weighted by molar-refractivity contribution is 0.808. The Kier molecular flexibility index (Phi) is 3.52. The van der Waals surface area contributed by atoms with E-state index in [0.717, 1.165) is 12.1 Å². The summed E-state index contributed by atoms with van der Waals surface area (Å²) in [5, 5.41) is 3.25. The fourth-order valence-electron chi connectivity index (χ4n) is 2.74. The molecule has 3 rings (SSSR count). The van der Waals surface area contributed by atoms with E-state index in [-0.39, 0.29) is 0 Å². The van der Waals surface area contributed by atoms with Crippen LogP contribution in [0.3, 0.4) is 0 Å². The van der Waals surface area contributed by atoms with Gasteiger partial charge in [-0.25, -0.2) is 4.98 Å². The van der Waals surface area contributed by atoms with Crippen LogP contribution >= 0.6 is 0 Å². The van der Waals surface area contributed by atoms with E-state index in [1.54, 1.807) is 0 Å². The second-order valence-corrected chi connectivity index (χ2v) is 5.70. The first-order chi connectivity index (χ1) is 10.1. The number of fused-ring (bicyclic) bond motifs is 1. The van der Waals surface area contributed by atoms with Gasteiger partial charge in [-0.05, 0) is 62.7 Å². The van der Waals surface area contributed by atoms with Crippen molar-refractivity contribution in [1.82, 2.24) is 14.9 Å². The van der Waals surface area contributed by atoms with E-state index in [1.807, 2.05) is 13.4 Å². The van der Waals surface area contributed by atoms with Gasteiger partial charge in [0.25, 0.3) is 0 Å². The zero-order chi connectivity index (χ0) is 15.0. The second-order valence-electron chi connectivity index (χ2n) is 5.70. The highest BCUT2D eigenvalue weighted by atomic mass is 15.1. The summed E-state index contributed by atoms with van der Waals surface area (Å²) in [6, 6.07) is 11.0. The molecule has 1 N–H and O–H groups in total. The van der Waals surface area contributed by atoms with Crippen molar-refractivity contribution in [3.8, 4) is 5.69 Å². The Morgan fingerprint density at radius 3 is 2.57 bits per heavy atom. The standard InChI is InChI=1S/C18H21N3/c1-12-5-6-17(15(7-12)10-19-4)21-11-20-16-8-13(2)14(3)9-18(16)21/h5-9,11,19H,10H2,1-4H3. The fraction of sp³-hybridized carbons (Fsp3) is 0.278. The highest BCUT2D eigenvalue weighted by molar-refractivity contribution is 5.79. The van der Waals surface area contributed by atoms with E-state index in [2.05, 4.69) is 66.0 Å². The number of nitrogens with one attached hydrogen (secondary N) is 1. The lowest BCUT2D eigenvalue weighted by Crippen LogP contribution is -2.09. The van der Waals surface area contributed by atoms with Gasteiger partial charge in [0.2, 0.25) is 0 Å². The molecular formula is C18H21N3. The van der Waals surface area contributed by atoms with Crippen LogP contribution in [0, 0.1) is 20.8 Å². The van der Waals surface area contributed by atoms with Gasteiger partial charge in [0, 0.05) is 6.54 Å². The molecule has 0 amide bonds. The smallest absolute Gasteiger partial charge is 0.100 e. The van der Waals surface area contributed by atoms with E-state index < -0.39 is 0 Å². The van der Waals surface area contributed by atoms with Crippen molar-refractivity contribution in [2.24, 2.45) is 0 Å². The summed E-state index contributed by atoms with van der Waals surface area (Å²) >= 11 is 0. The summed E-state index contributed by atoms with van der Waals surface area (Å²) in [5.74, 6) is 0. The maximum atomic E-state index is 4.56. The Hall–Kier alpha value is -2.13. The van der Waals surface area contributed by atoms with Crippen molar-refractivity contribution in [2.45, 2.75) is 27.3 Å². The molecule has 0 spiro atoms. The minimum Gasteiger partial charge on any atom is -0.316 e. The molecule has 2 aromatic carbocycles. The average Bonchev–Trinajstić information content (AvgIpc) is 2.83. The molecule has 21 heavy (non-hydrogen) atoms. The Balaban J connectivity index is 2.23. The van der Waals surface area contributed by atoms with Crippen molar-refractivity contribution in [3.63, 3.8) is 0 Å². The van der Waals surface area contributed by atoms with E-state index in [9.17, 15) is 0 Å². The molecule has 108 valence electrons. The summed E-state index contributed by atoms with van der Waals surface area (Å²) in [4.78, 5) is 4.56. The second kappa shape index (κ2) is 5.34. The van der Waals surface area contributed by atoms with Crippen molar-refractivity contribution < 1.29 is 0 Å². The normalized spacial score (nSPS) is 11.2. The van der Waals surface area contributed by atoms with Crippen LogP contribution in [0.25, 0.3) is 16.7 Å². The van der Waals surface area contributed by atoms with Crippen molar-refractivity contribution in [3.05, 3.63) is 58.9 Å². The largest absolute Gasteiger partial charge is 0.316 e. The topological polar surface area (TPSA) is 29.9 Å². The van der Waals surface area contributed by atoms with Crippen LogP contribution in [0.2, 0.25) is 0 Å². The number of imidazole rings is 1. The fourth-order valence-corrected chi connectivity index (χ4v) is 2.74. The number of hydrogen-bond donors (Lipinski definition) is 1. The van der Waals surface area contributed by atoms with Gasteiger partial charge in [-0.15, -0.1) is 0 Å². The maximum absolute atomic E-state index is 4.56. The van der Waals surface area contributed by atoms with Crippen LogP contribution in [0.5, 0.6) is 0 Å². The summed E-state index contributed by atoms with van der Waals surface area (Å²) in [6.07, 6.45) is 1.92. The van der Waals surface area contributed by atoms with E-state index in [4.69, 9.17) is 0 Å². The summed E-state index contributed by atoms with van der Waals surface area (Å²) < 4.78 is 2.19. The Labute approximate surface area is 125 Å². The Bertz CT molecular complexity index is 800. The highest BCUT2D eigenvalue weighted by Crippen LogP contribution is 2.24. The maximum Gasteiger partial charge on any atom is 0.100 e. The molecule has 0 saturated carbocycles. The molecule has 0 radical (unpaired) electrons. The molecule has 0 unspecified atom stereocenters.